The van der Waals surface area contributed by atoms with Crippen LogP contribution in [0.3, 0.4) is 0 Å². The fraction of sp³-hybridized carbons (Fsp3) is 0. The van der Waals surface area contributed by atoms with E-state index in [9.17, 15) is 0 Å². The van der Waals surface area contributed by atoms with Crippen molar-refractivity contribution in [3.05, 3.63) is 218 Å². The Labute approximate surface area is 352 Å². The zero-order valence-electron chi connectivity index (χ0n) is 33.1. The van der Waals surface area contributed by atoms with E-state index >= 15 is 0 Å². The Morgan fingerprint density at radius 2 is 0.820 bits per heavy atom. The number of fused-ring (bicyclic) bond motifs is 6. The first kappa shape index (κ1) is 34.8. The molecule has 2 aromatic heterocycles. The van der Waals surface area contributed by atoms with Crippen LogP contribution in [0.25, 0.3) is 116 Å². The van der Waals surface area contributed by atoms with Crippen LogP contribution in [0.15, 0.2) is 218 Å². The highest BCUT2D eigenvalue weighted by Gasteiger charge is 2.24. The van der Waals surface area contributed by atoms with Crippen LogP contribution in [0.4, 0.5) is 0 Å². The van der Waals surface area contributed by atoms with Crippen LogP contribution in [-0.4, -0.2) is 19.5 Å². The molecule has 0 radical (unpaired) electrons. The van der Waals surface area contributed by atoms with E-state index in [1.54, 1.807) is 0 Å². The molecule has 12 rings (SSSR count). The van der Waals surface area contributed by atoms with Gasteiger partial charge in [0.1, 0.15) is 0 Å². The molecule has 0 aliphatic rings. The Balaban J connectivity index is 1.14. The number of hydrogen-bond donors (Lipinski definition) is 0. The second kappa shape index (κ2) is 14.3. The summed E-state index contributed by atoms with van der Waals surface area (Å²) in [6.45, 7) is 0. The highest BCUT2D eigenvalue weighted by Crippen LogP contribution is 2.45. The summed E-state index contributed by atoms with van der Waals surface area (Å²) in [5.74, 6) is 1.86. The van der Waals surface area contributed by atoms with Gasteiger partial charge in [0, 0.05) is 32.8 Å². The zero-order valence-corrected chi connectivity index (χ0v) is 33.1. The summed E-state index contributed by atoms with van der Waals surface area (Å²) in [5.41, 5.74) is 10.8. The predicted octanol–water partition coefficient (Wildman–Crippen LogP) is 14.8. The summed E-state index contributed by atoms with van der Waals surface area (Å²) >= 11 is 0. The number of aromatic nitrogens is 4. The van der Waals surface area contributed by atoms with Gasteiger partial charge in [-0.3, -0.25) is 0 Å². The molecule has 0 bridgehead atoms. The summed E-state index contributed by atoms with van der Waals surface area (Å²) in [5, 5.41) is 9.34. The molecule has 0 unspecified atom stereocenters. The maximum absolute atomic E-state index is 5.39. The number of nitrogens with zero attached hydrogens (tertiary/aromatic N) is 4. The number of rotatable bonds is 6. The van der Waals surface area contributed by atoms with Crippen molar-refractivity contribution < 1.29 is 0 Å². The summed E-state index contributed by atoms with van der Waals surface area (Å²) in [6, 6.07) is 77.6. The van der Waals surface area contributed by atoms with E-state index in [-0.39, 0.29) is 0 Å². The molecule has 0 spiro atoms. The lowest BCUT2D eigenvalue weighted by Gasteiger charge is -2.18. The maximum atomic E-state index is 5.39. The molecular weight excluding hydrogens is 741 g/mol. The molecule has 0 aliphatic carbocycles. The van der Waals surface area contributed by atoms with Gasteiger partial charge in [0.05, 0.1) is 16.7 Å². The second-order valence-corrected chi connectivity index (χ2v) is 15.6. The third-order valence-corrected chi connectivity index (χ3v) is 12.0. The third kappa shape index (κ3) is 5.88. The maximum Gasteiger partial charge on any atom is 0.166 e. The van der Waals surface area contributed by atoms with Crippen LogP contribution >= 0.6 is 0 Å². The molecule has 0 saturated carbocycles. The molecule has 0 amide bonds. The highest BCUT2D eigenvalue weighted by atomic mass is 15.1. The SMILES string of the molecule is c1ccc(-c2ccc3cc(-c4nc(-c5ccccc5)nc(-c5ccc6ccccc6c5-n5c6ccccc6c6c(-c7ccccc7)c7ccccc7cc65)n4)ccc3c2)cc1. The van der Waals surface area contributed by atoms with Crippen molar-refractivity contribution in [1.82, 2.24) is 19.5 Å². The first-order valence-electron chi connectivity index (χ1n) is 20.7. The molecule has 4 nitrogen and oxygen atoms in total. The molecule has 10 aromatic carbocycles. The van der Waals surface area contributed by atoms with Crippen LogP contribution in [0.1, 0.15) is 0 Å². The molecular formula is C57H36N4. The first-order chi connectivity index (χ1) is 30.2. The average Bonchev–Trinajstić information content (AvgIpc) is 3.66. The number of hydrogen-bond acceptors (Lipinski definition) is 3. The van der Waals surface area contributed by atoms with Gasteiger partial charge in [-0.05, 0) is 79.5 Å². The van der Waals surface area contributed by atoms with E-state index in [1.165, 1.54) is 43.8 Å². The van der Waals surface area contributed by atoms with Crippen molar-refractivity contribution in [3.63, 3.8) is 0 Å². The Hall–Kier alpha value is -8.21. The Morgan fingerprint density at radius 3 is 1.56 bits per heavy atom. The monoisotopic (exact) mass is 776 g/mol. The molecule has 0 fully saturated rings. The van der Waals surface area contributed by atoms with Gasteiger partial charge in [-0.15, -0.1) is 0 Å². The van der Waals surface area contributed by atoms with Gasteiger partial charge in [0.25, 0.3) is 0 Å². The van der Waals surface area contributed by atoms with Crippen LogP contribution in [0, 0.1) is 0 Å². The second-order valence-electron chi connectivity index (χ2n) is 15.6. The predicted molar refractivity (Wildman–Crippen MR) is 254 cm³/mol. The van der Waals surface area contributed by atoms with Crippen LogP contribution < -0.4 is 0 Å². The largest absolute Gasteiger partial charge is 0.308 e. The van der Waals surface area contributed by atoms with Crippen molar-refractivity contribution in [2.75, 3.05) is 0 Å². The lowest BCUT2D eigenvalue weighted by atomic mass is 9.93. The quantitative estimate of drug-likeness (QED) is 0.169. The van der Waals surface area contributed by atoms with E-state index in [0.717, 1.165) is 55.0 Å². The fourth-order valence-electron chi connectivity index (χ4n) is 9.15. The molecule has 4 heteroatoms. The van der Waals surface area contributed by atoms with Crippen molar-refractivity contribution in [2.45, 2.75) is 0 Å². The van der Waals surface area contributed by atoms with E-state index in [4.69, 9.17) is 15.0 Å². The molecule has 12 aromatic rings. The van der Waals surface area contributed by atoms with E-state index in [2.05, 4.69) is 205 Å². The van der Waals surface area contributed by atoms with Gasteiger partial charge in [-0.2, -0.15) is 0 Å². The molecule has 2 heterocycles. The van der Waals surface area contributed by atoms with Gasteiger partial charge in [-0.1, -0.05) is 188 Å². The van der Waals surface area contributed by atoms with Crippen LogP contribution in [-0.2, 0) is 0 Å². The minimum absolute atomic E-state index is 0.610. The Morgan fingerprint density at radius 1 is 0.295 bits per heavy atom. The van der Waals surface area contributed by atoms with Crippen molar-refractivity contribution in [3.8, 4) is 62.1 Å². The van der Waals surface area contributed by atoms with E-state index in [0.29, 0.717) is 17.5 Å². The van der Waals surface area contributed by atoms with Crippen LogP contribution in [0.2, 0.25) is 0 Å². The van der Waals surface area contributed by atoms with Crippen molar-refractivity contribution in [1.29, 1.82) is 0 Å². The van der Waals surface area contributed by atoms with E-state index in [1.807, 2.05) is 18.2 Å². The number of benzene rings is 10. The van der Waals surface area contributed by atoms with Gasteiger partial charge in [-0.25, -0.2) is 15.0 Å². The van der Waals surface area contributed by atoms with Gasteiger partial charge in [0.2, 0.25) is 0 Å². The zero-order chi connectivity index (χ0) is 40.3. The van der Waals surface area contributed by atoms with Crippen molar-refractivity contribution >= 4 is 54.1 Å². The average molecular weight is 777 g/mol. The fourth-order valence-corrected chi connectivity index (χ4v) is 9.15. The summed E-state index contributed by atoms with van der Waals surface area (Å²) in [6.07, 6.45) is 0. The molecule has 284 valence electrons. The first-order valence-corrected chi connectivity index (χ1v) is 20.7. The summed E-state index contributed by atoms with van der Waals surface area (Å²) in [7, 11) is 0. The lowest BCUT2D eigenvalue weighted by Crippen LogP contribution is -2.04. The van der Waals surface area contributed by atoms with Gasteiger partial charge in [0.15, 0.2) is 17.5 Å². The van der Waals surface area contributed by atoms with Gasteiger partial charge < -0.3 is 4.57 Å². The van der Waals surface area contributed by atoms with Crippen LogP contribution in [0.5, 0.6) is 0 Å². The topological polar surface area (TPSA) is 43.6 Å². The molecule has 0 atom stereocenters. The van der Waals surface area contributed by atoms with E-state index < -0.39 is 0 Å². The third-order valence-electron chi connectivity index (χ3n) is 12.0. The molecule has 0 N–H and O–H groups in total. The molecule has 0 aliphatic heterocycles. The number of para-hydroxylation sites is 1. The minimum atomic E-state index is 0.610. The summed E-state index contributed by atoms with van der Waals surface area (Å²) < 4.78 is 2.45. The van der Waals surface area contributed by atoms with Crippen molar-refractivity contribution in [2.24, 2.45) is 0 Å². The smallest absolute Gasteiger partial charge is 0.166 e. The highest BCUT2D eigenvalue weighted by molar-refractivity contribution is 6.23. The molecule has 61 heavy (non-hydrogen) atoms. The molecule has 0 saturated heterocycles. The Kier molecular flexibility index (Phi) is 8.13. The normalized spacial score (nSPS) is 11.6. The standard InChI is InChI=1S/C57H36N4/c1-4-16-37(17-5-1)41-28-29-43-35-45(31-30-42(43)34-41)56-58-55(40-21-8-3-9-22-40)59-57(60-56)49-33-32-38-18-10-13-25-47(38)54(49)61-50-27-15-14-26-48(50)53-51(61)36-44-23-11-12-24-46(44)52(53)39-19-6-2-7-20-39/h1-36H. The van der Waals surface area contributed by atoms with Gasteiger partial charge >= 0.3 is 0 Å². The summed E-state index contributed by atoms with van der Waals surface area (Å²) in [4.78, 5) is 15.9. The minimum Gasteiger partial charge on any atom is -0.308 e. The lowest BCUT2D eigenvalue weighted by molar-refractivity contribution is 1.07. The Bertz CT molecular complexity index is 3630.